The van der Waals surface area contributed by atoms with Crippen LogP contribution in [-0.2, 0) is 78.3 Å². The van der Waals surface area contributed by atoms with Crippen LogP contribution >= 0.6 is 0 Å². The number of aromatic nitrogens is 3. The smallest absolute Gasteiger partial charge is 0.243 e. The third-order valence-corrected chi connectivity index (χ3v) is 24.8. The summed E-state index contributed by atoms with van der Waals surface area (Å²) in [6.45, 7) is 2.10. The molecule has 2 atom stereocenters. The van der Waals surface area contributed by atoms with Crippen LogP contribution in [0.4, 0.5) is 5.82 Å². The predicted octanol–water partition coefficient (Wildman–Crippen LogP) is 11.5. The second-order valence-electron chi connectivity index (χ2n) is 26.7. The van der Waals surface area contributed by atoms with Crippen LogP contribution in [-0.4, -0.2) is 119 Å². The van der Waals surface area contributed by atoms with Crippen molar-refractivity contribution in [2.75, 3.05) is 39.0 Å². The average molecular weight is 1480 g/mol. The number of nitrogens with two attached hydrogens (primary N) is 1. The zero-order valence-electron chi connectivity index (χ0n) is 57.2. The Kier molecular flexibility index (Phi) is 20.8. The van der Waals surface area contributed by atoms with E-state index in [9.17, 15) is 49.5 Å². The van der Waals surface area contributed by atoms with Crippen molar-refractivity contribution in [3.8, 4) is 56.8 Å². The molecule has 2 amide bonds. The molecule has 6 aliphatic rings. The van der Waals surface area contributed by atoms with Crippen molar-refractivity contribution in [1.29, 1.82) is 0 Å². The number of sulfonamides is 3. The van der Waals surface area contributed by atoms with Gasteiger partial charge in [0.1, 0.15) is 23.4 Å². The van der Waals surface area contributed by atoms with E-state index in [1.54, 1.807) is 42.5 Å². The van der Waals surface area contributed by atoms with Gasteiger partial charge in [-0.3, -0.25) is 29.1 Å². The number of pyridine rings is 3. The van der Waals surface area contributed by atoms with Crippen LogP contribution in [0, 0.1) is 0 Å². The molecule has 23 nitrogen and oxygen atoms in total. The molecule has 0 bridgehead atoms. The molecule has 3 saturated carbocycles. The first kappa shape index (κ1) is 72.3. The highest BCUT2D eigenvalue weighted by Crippen LogP contribution is 2.53. The van der Waals surface area contributed by atoms with Crippen LogP contribution < -0.4 is 39.4 Å². The molecule has 3 aliphatic heterocycles. The fourth-order valence-electron chi connectivity index (χ4n) is 13.8. The fraction of sp³-hybridized carbons (Fsp3) is 0.295. The van der Waals surface area contributed by atoms with Gasteiger partial charge in [0, 0.05) is 62.6 Å². The van der Waals surface area contributed by atoms with Gasteiger partial charge in [0.05, 0.1) is 54.1 Å². The number of fused-ring (bicyclic) bond motifs is 2. The zero-order chi connectivity index (χ0) is 73.0. The summed E-state index contributed by atoms with van der Waals surface area (Å²) in [6, 6.07) is 56.2. The van der Waals surface area contributed by atoms with E-state index < -0.39 is 64.4 Å². The Hall–Kier alpha value is -10.1. The highest BCUT2D eigenvalue weighted by Gasteiger charge is 2.52. The van der Waals surface area contributed by atoms with Crippen molar-refractivity contribution >= 4 is 59.3 Å². The van der Waals surface area contributed by atoms with Gasteiger partial charge in [-0.15, -0.1) is 0 Å². The van der Waals surface area contributed by atoms with E-state index in [1.165, 1.54) is 54.7 Å². The third-order valence-electron chi connectivity index (χ3n) is 20.0. The number of benzene rings is 6. The van der Waals surface area contributed by atoms with Gasteiger partial charge in [-0.2, -0.15) is 4.31 Å². The molecule has 26 heteroatoms. The maximum Gasteiger partial charge on any atom is 0.243 e. The summed E-state index contributed by atoms with van der Waals surface area (Å²) in [7, 11) is -9.67. The first-order valence-electron chi connectivity index (χ1n) is 34.4. The normalized spacial score (nSPS) is 17.5. The molecular weight excluding hydrogens is 1390 g/mol. The van der Waals surface area contributed by atoms with E-state index in [4.69, 9.17) is 29.7 Å². The quantitative estimate of drug-likeness (QED) is 0.0397. The van der Waals surface area contributed by atoms with Gasteiger partial charge >= 0.3 is 0 Å². The zero-order valence-corrected chi connectivity index (χ0v) is 59.6. The van der Waals surface area contributed by atoms with Crippen LogP contribution in [0.5, 0.6) is 23.0 Å². The summed E-state index contributed by atoms with van der Waals surface area (Å²) in [6.07, 6.45) is 7.50. The molecule has 3 aromatic heterocycles. The van der Waals surface area contributed by atoms with Crippen molar-refractivity contribution in [2.24, 2.45) is 5.73 Å². The standard InChI is InChI=1S/C28H27N3O6S.C26H26N2O6S.C24H25N3O3S.6H2/c29-27(33)23-5-2-14-31(23)38(34,35)21-9-6-18(7-10-21)22-4-1-3-20(30-22)16-26(32)28(12-13-28)19-8-11-24-25(15-19)37-17-36-24;1-17(29)15-27-35(31,32)21-8-5-18(6-9-21)22-4-2-3-20(28-22)14-25(30)26(11-12-26)19-7-10-23-24(13-19)34-16-33-23;1-25-31(29,30)20-14-12-18(13-15-20)21-10-7-11-22(26-21)27-23(28)24(16-5-6-17-24)19-8-3-2-4-9-19;;;;;;/h1,3-4,6-11,15,23H,2,5,12-14,16-17H2,(H2,29,33);2-10,13,17,27,29H,11-12,14-16H2,1H3;2-4,7-15,25H,5-6,16-17H2,1H3,(H,26,27,28);6*1H/t23-;17-;;;;;;;/m01......./s1. The van der Waals surface area contributed by atoms with E-state index in [0.717, 1.165) is 84.7 Å². The summed E-state index contributed by atoms with van der Waals surface area (Å²) in [5.74, 6) is 2.78. The minimum Gasteiger partial charge on any atom is -0.454 e. The number of ketones is 2. The predicted molar refractivity (Wildman–Crippen MR) is 401 cm³/mol. The van der Waals surface area contributed by atoms with E-state index in [2.05, 4.69) is 24.7 Å². The van der Waals surface area contributed by atoms with Crippen LogP contribution in [0.2, 0.25) is 0 Å². The van der Waals surface area contributed by atoms with Crippen molar-refractivity contribution < 1.29 is 77.0 Å². The van der Waals surface area contributed by atoms with Crippen LogP contribution in [0.15, 0.2) is 209 Å². The van der Waals surface area contributed by atoms with Crippen molar-refractivity contribution in [1.82, 2.24) is 28.7 Å². The molecule has 4 fully saturated rings. The third kappa shape index (κ3) is 15.4. The summed E-state index contributed by atoms with van der Waals surface area (Å²) < 4.78 is 102. The minimum absolute atomic E-state index is 0. The van der Waals surface area contributed by atoms with Crippen LogP contribution in [0.25, 0.3) is 33.8 Å². The van der Waals surface area contributed by atoms with E-state index in [1.807, 2.05) is 115 Å². The Morgan fingerprint density at radius 2 is 0.990 bits per heavy atom. The van der Waals surface area contributed by atoms with E-state index in [-0.39, 0.29) is 80.2 Å². The lowest BCUT2D eigenvalue weighted by Gasteiger charge is -2.28. The summed E-state index contributed by atoms with van der Waals surface area (Å²) in [4.78, 5) is 66.1. The molecular formula is C78H90N8O15S3. The molecule has 6 aromatic carbocycles. The molecule has 6 heterocycles. The number of hydrogen-bond donors (Lipinski definition) is 5. The maximum absolute atomic E-state index is 13.4. The molecule has 104 heavy (non-hydrogen) atoms. The summed E-state index contributed by atoms with van der Waals surface area (Å²) in [5, 5.41) is 12.4. The molecule has 550 valence electrons. The lowest BCUT2D eigenvalue weighted by atomic mass is 9.78. The number of amides is 2. The second-order valence-corrected chi connectivity index (χ2v) is 32.2. The Morgan fingerprint density at radius 1 is 0.529 bits per heavy atom. The number of aliphatic hydroxyl groups is 1. The number of hydrogen-bond acceptors (Lipinski definition) is 18. The number of rotatable bonds is 23. The monoisotopic (exact) mass is 1470 g/mol. The Labute approximate surface area is 612 Å². The fourth-order valence-corrected chi connectivity index (χ4v) is 17.3. The number of primary amides is 1. The highest BCUT2D eigenvalue weighted by molar-refractivity contribution is 7.90. The van der Waals surface area contributed by atoms with Crippen molar-refractivity contribution in [3.05, 3.63) is 222 Å². The first-order chi connectivity index (χ1) is 50.0. The lowest BCUT2D eigenvalue weighted by Crippen LogP contribution is -2.43. The molecule has 0 spiro atoms. The highest BCUT2D eigenvalue weighted by atomic mass is 32.2. The number of ether oxygens (including phenoxy) is 4. The number of nitrogens with one attached hydrogen (secondary N) is 3. The van der Waals surface area contributed by atoms with Gasteiger partial charge in [-0.1, -0.05) is 110 Å². The van der Waals surface area contributed by atoms with Crippen LogP contribution in [0.1, 0.15) is 108 Å². The second kappa shape index (κ2) is 30.0. The van der Waals surface area contributed by atoms with Crippen molar-refractivity contribution in [2.45, 2.75) is 127 Å². The molecule has 0 unspecified atom stereocenters. The number of nitrogens with zero attached hydrogens (tertiary/aromatic N) is 4. The van der Waals surface area contributed by atoms with Crippen LogP contribution in [0.3, 0.4) is 0 Å². The number of carbonyl (C=O) groups is 4. The number of anilines is 1. The number of Topliss-reactive ketones (excluding diaryl/α,β-unsaturated/α-hetero) is 2. The minimum atomic E-state index is -3.84. The Bertz CT molecular complexity index is 5110. The van der Waals surface area contributed by atoms with E-state index in [0.29, 0.717) is 70.1 Å². The topological polar surface area (TPSA) is 332 Å². The van der Waals surface area contributed by atoms with E-state index >= 15 is 0 Å². The van der Waals surface area contributed by atoms with Gasteiger partial charge in [0.2, 0.25) is 55.5 Å². The molecule has 6 N–H and O–H groups in total. The summed E-state index contributed by atoms with van der Waals surface area (Å²) >= 11 is 0. The average Bonchev–Trinajstić information content (AvgIpc) is 1.60. The number of carbonyl (C=O) groups excluding carboxylic acids is 4. The van der Waals surface area contributed by atoms with Gasteiger partial charge < -0.3 is 35.1 Å². The van der Waals surface area contributed by atoms with Crippen molar-refractivity contribution in [3.63, 3.8) is 0 Å². The molecule has 3 aliphatic carbocycles. The number of aliphatic hydroxyl groups excluding tert-OH is 1. The molecule has 9 aromatic rings. The van der Waals surface area contributed by atoms with Gasteiger partial charge in [-0.25, -0.2) is 39.7 Å². The van der Waals surface area contributed by atoms with Gasteiger partial charge in [0.25, 0.3) is 0 Å². The maximum atomic E-state index is 13.4. The largest absolute Gasteiger partial charge is 0.454 e. The first-order valence-corrected chi connectivity index (χ1v) is 38.8. The lowest BCUT2D eigenvalue weighted by molar-refractivity contribution is -0.122. The molecule has 1 saturated heterocycles. The SMILES string of the molecule is CNS(=O)(=O)c1ccc(-c2cccc(NC(=O)C3(c4ccccc4)CCCC3)n2)cc1.C[C@@H](O)CNS(=O)(=O)c1ccc(-c2cccc(CC(=O)C3(c4ccc5c(c4)OCO5)CC3)n2)cc1.NC(=O)[C@@H]1CCCN1S(=O)(=O)c1ccc(-c2cccc(CC(=O)C3(c4ccc5c(c4)OCO5)CC3)n2)cc1.[HH].[HH].[HH].[HH].[HH].[HH]. The molecule has 0 radical (unpaired) electrons. The van der Waals surface area contributed by atoms with Gasteiger partial charge in [-0.05, 0) is 179 Å². The summed E-state index contributed by atoms with van der Waals surface area (Å²) in [5.41, 5.74) is 12.3. The van der Waals surface area contributed by atoms with Gasteiger partial charge in [0.15, 0.2) is 23.0 Å². The molecule has 15 rings (SSSR count). The Morgan fingerprint density at radius 3 is 1.46 bits per heavy atom. The Balaban J connectivity index is 0.000000224.